The molecule has 2 N–H and O–H groups in total. The molecule has 0 bridgehead atoms. The summed E-state index contributed by atoms with van der Waals surface area (Å²) in [6, 6.07) is 2.20. The highest BCUT2D eigenvalue weighted by Crippen LogP contribution is 2.24. The molecule has 3 rings (SSSR count). The fourth-order valence-corrected chi connectivity index (χ4v) is 3.14. The molecular weight excluding hydrogens is 357 g/mol. The first-order chi connectivity index (χ1) is 10.2. The molecule has 0 spiro atoms. The van der Waals surface area contributed by atoms with Crippen molar-refractivity contribution >= 4 is 42.1 Å². The van der Waals surface area contributed by atoms with Crippen molar-refractivity contribution in [3.05, 3.63) is 28.3 Å². The van der Waals surface area contributed by atoms with Gasteiger partial charge in [-0.2, -0.15) is 11.3 Å². The van der Waals surface area contributed by atoms with Crippen LogP contribution in [0.4, 0.5) is 0 Å². The summed E-state index contributed by atoms with van der Waals surface area (Å²) in [5.74, 6) is 1.32. The van der Waals surface area contributed by atoms with Crippen molar-refractivity contribution in [2.24, 2.45) is 0 Å². The highest BCUT2D eigenvalue weighted by atomic mass is 35.5. The van der Waals surface area contributed by atoms with Crippen LogP contribution in [0.5, 0.6) is 0 Å². The lowest BCUT2D eigenvalue weighted by molar-refractivity contribution is -0.121. The van der Waals surface area contributed by atoms with Gasteiger partial charge in [0.05, 0.1) is 12.1 Å². The zero-order valence-corrected chi connectivity index (χ0v) is 15.3. The first-order valence-electron chi connectivity index (χ1n) is 7.21. The summed E-state index contributed by atoms with van der Waals surface area (Å²) in [6.07, 6.45) is 2.42. The van der Waals surface area contributed by atoms with E-state index in [1.165, 1.54) is 0 Å². The first kappa shape index (κ1) is 20.0. The molecule has 128 valence electrons. The number of piperidine rings is 1. The lowest BCUT2D eigenvalue weighted by Crippen LogP contribution is -2.46. The number of halogens is 2. The normalized spacial score (nSPS) is 17.0. The topological polar surface area (TPSA) is 67.2 Å². The molecule has 8 heteroatoms. The minimum atomic E-state index is 0. The standard InChI is InChI=1S/C15H19N3O2S.2ClH/c1-10-13(18-15(20-10)11-4-6-21-9-11)7-14(19)17-12-3-2-5-16-8-12;;/h4,6,9,12,16H,2-3,5,7-8H2,1H3,(H,17,19);2*1H/t12-;;/m0../s1. The van der Waals surface area contributed by atoms with Gasteiger partial charge >= 0.3 is 0 Å². The predicted molar refractivity (Wildman–Crippen MR) is 96.8 cm³/mol. The highest BCUT2D eigenvalue weighted by Gasteiger charge is 2.18. The number of amides is 1. The molecule has 5 nitrogen and oxygen atoms in total. The largest absolute Gasteiger partial charge is 0.441 e. The molecule has 0 saturated carbocycles. The third-order valence-corrected chi connectivity index (χ3v) is 4.33. The van der Waals surface area contributed by atoms with Gasteiger partial charge in [0.25, 0.3) is 0 Å². The second kappa shape index (κ2) is 9.27. The van der Waals surface area contributed by atoms with E-state index >= 15 is 0 Å². The van der Waals surface area contributed by atoms with Crippen molar-refractivity contribution in [3.63, 3.8) is 0 Å². The fraction of sp³-hybridized carbons (Fsp3) is 0.467. The predicted octanol–water partition coefficient (Wildman–Crippen LogP) is 2.97. The summed E-state index contributed by atoms with van der Waals surface area (Å²) < 4.78 is 5.65. The van der Waals surface area contributed by atoms with Gasteiger partial charge in [-0.15, -0.1) is 24.8 Å². The third-order valence-electron chi connectivity index (χ3n) is 3.65. The summed E-state index contributed by atoms with van der Waals surface area (Å²) in [5.41, 5.74) is 1.68. The summed E-state index contributed by atoms with van der Waals surface area (Å²) in [6.45, 7) is 3.75. The minimum absolute atomic E-state index is 0. The van der Waals surface area contributed by atoms with Crippen LogP contribution < -0.4 is 10.6 Å². The van der Waals surface area contributed by atoms with Crippen LogP contribution in [-0.2, 0) is 11.2 Å². The lowest BCUT2D eigenvalue weighted by Gasteiger charge is -2.23. The number of nitrogens with zero attached hydrogens (tertiary/aromatic N) is 1. The van der Waals surface area contributed by atoms with Crippen molar-refractivity contribution in [2.75, 3.05) is 13.1 Å². The second-order valence-electron chi connectivity index (χ2n) is 5.32. The van der Waals surface area contributed by atoms with Crippen LogP contribution in [0.1, 0.15) is 24.3 Å². The molecule has 1 aliphatic heterocycles. The van der Waals surface area contributed by atoms with Gasteiger partial charge in [0.15, 0.2) is 0 Å². The smallest absolute Gasteiger partial charge is 0.227 e. The van der Waals surface area contributed by atoms with Gasteiger partial charge in [-0.05, 0) is 37.8 Å². The maximum absolute atomic E-state index is 12.1. The van der Waals surface area contributed by atoms with E-state index in [1.807, 2.05) is 23.8 Å². The molecule has 23 heavy (non-hydrogen) atoms. The van der Waals surface area contributed by atoms with E-state index < -0.39 is 0 Å². The number of carbonyl (C=O) groups is 1. The van der Waals surface area contributed by atoms with Crippen molar-refractivity contribution in [1.29, 1.82) is 0 Å². The lowest BCUT2D eigenvalue weighted by atomic mass is 10.1. The fourth-order valence-electron chi connectivity index (χ4n) is 2.51. The van der Waals surface area contributed by atoms with Crippen molar-refractivity contribution in [1.82, 2.24) is 15.6 Å². The van der Waals surface area contributed by atoms with Gasteiger partial charge in [-0.1, -0.05) is 0 Å². The average molecular weight is 378 g/mol. The quantitative estimate of drug-likeness (QED) is 0.859. The van der Waals surface area contributed by atoms with Gasteiger partial charge in [0.2, 0.25) is 11.8 Å². The SMILES string of the molecule is Cc1oc(-c2ccsc2)nc1CC(=O)N[C@H]1CCCNC1.Cl.Cl. The molecule has 3 heterocycles. The molecular formula is C15H21Cl2N3O2S. The van der Waals surface area contributed by atoms with E-state index in [9.17, 15) is 4.79 Å². The van der Waals surface area contributed by atoms with E-state index in [1.54, 1.807) is 11.3 Å². The number of rotatable bonds is 4. The Hall–Kier alpha value is -1.08. The van der Waals surface area contributed by atoms with Crippen molar-refractivity contribution in [3.8, 4) is 11.5 Å². The molecule has 1 aliphatic rings. The molecule has 2 aromatic rings. The molecule has 0 unspecified atom stereocenters. The van der Waals surface area contributed by atoms with E-state index in [-0.39, 0.29) is 43.2 Å². The summed E-state index contributed by atoms with van der Waals surface area (Å²) in [5, 5.41) is 10.3. The van der Waals surface area contributed by atoms with Gasteiger partial charge in [0, 0.05) is 23.5 Å². The first-order valence-corrected chi connectivity index (χ1v) is 8.15. The van der Waals surface area contributed by atoms with Crippen LogP contribution in [0.15, 0.2) is 21.2 Å². The van der Waals surface area contributed by atoms with E-state index in [0.29, 0.717) is 11.7 Å². The maximum Gasteiger partial charge on any atom is 0.227 e. The number of hydrogen-bond donors (Lipinski definition) is 2. The molecule has 1 amide bonds. The molecule has 0 aliphatic carbocycles. The van der Waals surface area contributed by atoms with Crippen LogP contribution in [0.25, 0.3) is 11.5 Å². The molecule has 0 aromatic carbocycles. The van der Waals surface area contributed by atoms with Gasteiger partial charge in [0.1, 0.15) is 5.76 Å². The average Bonchev–Trinajstić information content (AvgIpc) is 3.10. The monoisotopic (exact) mass is 377 g/mol. The van der Waals surface area contributed by atoms with Crippen LogP contribution in [0.3, 0.4) is 0 Å². The van der Waals surface area contributed by atoms with Crippen LogP contribution in [-0.4, -0.2) is 30.0 Å². The van der Waals surface area contributed by atoms with Crippen molar-refractivity contribution < 1.29 is 9.21 Å². The van der Waals surface area contributed by atoms with Gasteiger partial charge < -0.3 is 15.1 Å². The van der Waals surface area contributed by atoms with Gasteiger partial charge in [-0.3, -0.25) is 4.79 Å². The Bertz CT molecular complexity index is 610. The number of carbonyl (C=O) groups excluding carboxylic acids is 1. The minimum Gasteiger partial charge on any atom is -0.441 e. The third kappa shape index (κ3) is 5.21. The number of aryl methyl sites for hydroxylation is 1. The number of aromatic nitrogens is 1. The Morgan fingerprint density at radius 1 is 1.52 bits per heavy atom. The zero-order chi connectivity index (χ0) is 14.7. The highest BCUT2D eigenvalue weighted by molar-refractivity contribution is 7.08. The molecule has 1 saturated heterocycles. The second-order valence-corrected chi connectivity index (χ2v) is 6.10. The van der Waals surface area contributed by atoms with Crippen molar-refractivity contribution in [2.45, 2.75) is 32.2 Å². The van der Waals surface area contributed by atoms with Gasteiger partial charge in [-0.25, -0.2) is 4.98 Å². The molecule has 2 aromatic heterocycles. The van der Waals surface area contributed by atoms with E-state index in [0.717, 1.165) is 37.2 Å². The Balaban J connectivity index is 0.00000132. The summed E-state index contributed by atoms with van der Waals surface area (Å²) in [7, 11) is 0. The summed E-state index contributed by atoms with van der Waals surface area (Å²) >= 11 is 1.60. The molecule has 0 radical (unpaired) electrons. The number of thiophene rings is 1. The number of hydrogen-bond acceptors (Lipinski definition) is 5. The Kier molecular flexibility index (Phi) is 8.05. The van der Waals surface area contributed by atoms with E-state index in [2.05, 4.69) is 15.6 Å². The number of oxazole rings is 1. The Labute approximate surface area is 152 Å². The summed E-state index contributed by atoms with van der Waals surface area (Å²) in [4.78, 5) is 16.6. The number of nitrogens with one attached hydrogen (secondary N) is 2. The molecule has 1 atom stereocenters. The Morgan fingerprint density at radius 3 is 3.00 bits per heavy atom. The Morgan fingerprint density at radius 2 is 2.35 bits per heavy atom. The maximum atomic E-state index is 12.1. The van der Waals surface area contributed by atoms with E-state index in [4.69, 9.17) is 4.42 Å². The van der Waals surface area contributed by atoms with Crippen LogP contribution >= 0.6 is 36.2 Å². The van der Waals surface area contributed by atoms with Crippen LogP contribution in [0, 0.1) is 6.92 Å². The van der Waals surface area contributed by atoms with Crippen LogP contribution in [0.2, 0.25) is 0 Å². The zero-order valence-electron chi connectivity index (χ0n) is 12.8. The molecule has 1 fully saturated rings.